The number of aryl methyl sites for hydroxylation is 2. The molecule has 108 valence electrons. The maximum atomic E-state index is 4.53. The summed E-state index contributed by atoms with van der Waals surface area (Å²) in [4.78, 5) is 11.4. The number of anilines is 1. The van der Waals surface area contributed by atoms with E-state index < -0.39 is 0 Å². The molecule has 2 aromatic heterocycles. The summed E-state index contributed by atoms with van der Waals surface area (Å²) in [5.74, 6) is 1.02. The highest BCUT2D eigenvalue weighted by molar-refractivity contribution is 7.18. The lowest BCUT2D eigenvalue weighted by atomic mass is 9.73. The van der Waals surface area contributed by atoms with Gasteiger partial charge in [0.2, 0.25) is 0 Å². The topological polar surface area (TPSA) is 37.8 Å². The lowest BCUT2D eigenvalue weighted by Crippen LogP contribution is -2.39. The predicted molar refractivity (Wildman–Crippen MR) is 86.5 cm³/mol. The fraction of sp³-hybridized carbons (Fsp3) is 0.625. The Bertz CT molecular complexity index is 630. The molecule has 0 bridgehead atoms. The molecule has 1 N–H and O–H groups in total. The summed E-state index contributed by atoms with van der Waals surface area (Å²) in [5.41, 5.74) is 1.66. The van der Waals surface area contributed by atoms with Crippen LogP contribution in [0.3, 0.4) is 0 Å². The van der Waals surface area contributed by atoms with E-state index in [1.54, 1.807) is 17.7 Å². The number of nitrogens with one attached hydrogen (secondary N) is 1. The van der Waals surface area contributed by atoms with Crippen molar-refractivity contribution in [2.75, 3.05) is 5.32 Å². The first-order chi connectivity index (χ1) is 9.49. The molecule has 0 radical (unpaired) electrons. The standard InChI is InChI=1S/C16H23N3S/c1-10-11(2)20-15-13(10)14(17-9-18-15)19-12-7-5-6-8-16(12,3)4/h9,12H,5-8H2,1-4H3,(H,17,18,19). The quantitative estimate of drug-likeness (QED) is 0.871. The predicted octanol–water partition coefficient (Wildman–Crippen LogP) is 4.69. The Balaban J connectivity index is 1.98. The first-order valence-corrected chi connectivity index (χ1v) is 8.28. The molecule has 0 spiro atoms. The third kappa shape index (κ3) is 2.30. The van der Waals surface area contributed by atoms with E-state index in [0.717, 1.165) is 10.6 Å². The highest BCUT2D eigenvalue weighted by Crippen LogP contribution is 2.39. The molecule has 1 unspecified atom stereocenters. The fourth-order valence-electron chi connectivity index (χ4n) is 3.22. The average molecular weight is 289 g/mol. The second-order valence-corrected chi connectivity index (χ2v) is 7.82. The van der Waals surface area contributed by atoms with Gasteiger partial charge < -0.3 is 5.32 Å². The zero-order valence-corrected chi connectivity index (χ0v) is 13.6. The summed E-state index contributed by atoms with van der Waals surface area (Å²) in [6, 6.07) is 0.508. The second kappa shape index (κ2) is 4.99. The van der Waals surface area contributed by atoms with Gasteiger partial charge >= 0.3 is 0 Å². The number of hydrogen-bond donors (Lipinski definition) is 1. The van der Waals surface area contributed by atoms with Crippen molar-refractivity contribution in [2.45, 2.75) is 59.4 Å². The molecule has 1 atom stereocenters. The van der Waals surface area contributed by atoms with Crippen LogP contribution in [0.4, 0.5) is 5.82 Å². The van der Waals surface area contributed by atoms with Crippen LogP contribution < -0.4 is 5.32 Å². The SMILES string of the molecule is Cc1sc2ncnc(NC3CCCCC3(C)C)c2c1C. The Kier molecular flexibility index (Phi) is 3.44. The molecule has 3 rings (SSSR count). The number of nitrogens with zero attached hydrogens (tertiary/aromatic N) is 2. The Morgan fingerprint density at radius 2 is 2.05 bits per heavy atom. The number of aromatic nitrogens is 2. The number of thiophene rings is 1. The van der Waals surface area contributed by atoms with Gasteiger partial charge in [0.1, 0.15) is 17.0 Å². The summed E-state index contributed by atoms with van der Waals surface area (Å²) < 4.78 is 0. The molecule has 3 nitrogen and oxygen atoms in total. The van der Waals surface area contributed by atoms with E-state index in [1.165, 1.54) is 41.5 Å². The van der Waals surface area contributed by atoms with Crippen molar-refractivity contribution >= 4 is 27.4 Å². The van der Waals surface area contributed by atoms with Crippen LogP contribution in [0.1, 0.15) is 50.0 Å². The molecule has 0 saturated heterocycles. The van der Waals surface area contributed by atoms with E-state index in [0.29, 0.717) is 11.5 Å². The van der Waals surface area contributed by atoms with Crippen molar-refractivity contribution < 1.29 is 0 Å². The molecule has 20 heavy (non-hydrogen) atoms. The van der Waals surface area contributed by atoms with Gasteiger partial charge in [-0.2, -0.15) is 0 Å². The van der Waals surface area contributed by atoms with Crippen LogP contribution in [0.2, 0.25) is 0 Å². The molecule has 1 fully saturated rings. The highest BCUT2D eigenvalue weighted by Gasteiger charge is 2.32. The second-order valence-electron chi connectivity index (χ2n) is 6.62. The summed E-state index contributed by atoms with van der Waals surface area (Å²) in [6.07, 6.45) is 6.88. The van der Waals surface area contributed by atoms with E-state index >= 15 is 0 Å². The van der Waals surface area contributed by atoms with E-state index in [1.807, 2.05) is 0 Å². The number of fused-ring (bicyclic) bond motifs is 1. The minimum atomic E-state index is 0.342. The first kappa shape index (κ1) is 13.8. The fourth-order valence-corrected chi connectivity index (χ4v) is 4.22. The van der Waals surface area contributed by atoms with Gasteiger partial charge in [-0.15, -0.1) is 11.3 Å². The normalized spacial score (nSPS) is 22.1. The van der Waals surface area contributed by atoms with E-state index in [2.05, 4.69) is 43.0 Å². The van der Waals surface area contributed by atoms with Crippen LogP contribution in [0.15, 0.2) is 6.33 Å². The maximum absolute atomic E-state index is 4.53. The monoisotopic (exact) mass is 289 g/mol. The molecule has 0 aliphatic heterocycles. The first-order valence-electron chi connectivity index (χ1n) is 7.46. The van der Waals surface area contributed by atoms with Crippen LogP contribution in [0.25, 0.3) is 10.2 Å². The maximum Gasteiger partial charge on any atom is 0.138 e. The van der Waals surface area contributed by atoms with Gasteiger partial charge in [-0.3, -0.25) is 0 Å². The lowest BCUT2D eigenvalue weighted by Gasteiger charge is -2.39. The van der Waals surface area contributed by atoms with Crippen molar-refractivity contribution in [1.82, 2.24) is 9.97 Å². The smallest absolute Gasteiger partial charge is 0.138 e. The van der Waals surface area contributed by atoms with Crippen molar-refractivity contribution in [3.63, 3.8) is 0 Å². The summed E-state index contributed by atoms with van der Waals surface area (Å²) in [7, 11) is 0. The minimum absolute atomic E-state index is 0.342. The van der Waals surface area contributed by atoms with Crippen molar-refractivity contribution in [3.8, 4) is 0 Å². The molecule has 4 heteroatoms. The Labute approximate surface area is 124 Å². The van der Waals surface area contributed by atoms with Gasteiger partial charge in [0, 0.05) is 10.9 Å². The van der Waals surface area contributed by atoms with Gasteiger partial charge in [-0.1, -0.05) is 26.7 Å². The van der Waals surface area contributed by atoms with E-state index in [9.17, 15) is 0 Å². The van der Waals surface area contributed by atoms with Crippen LogP contribution in [0, 0.1) is 19.3 Å². The van der Waals surface area contributed by atoms with Crippen LogP contribution >= 0.6 is 11.3 Å². The lowest BCUT2D eigenvalue weighted by molar-refractivity contribution is 0.217. The van der Waals surface area contributed by atoms with Gasteiger partial charge in [-0.05, 0) is 37.7 Å². The summed E-state index contributed by atoms with van der Waals surface area (Å²) in [5, 5.41) is 4.94. The Morgan fingerprint density at radius 1 is 1.25 bits per heavy atom. The van der Waals surface area contributed by atoms with Crippen LogP contribution in [-0.2, 0) is 0 Å². The Morgan fingerprint density at radius 3 is 2.80 bits per heavy atom. The van der Waals surface area contributed by atoms with Crippen molar-refractivity contribution in [2.24, 2.45) is 5.41 Å². The van der Waals surface area contributed by atoms with Crippen LogP contribution in [0.5, 0.6) is 0 Å². The summed E-state index contributed by atoms with van der Waals surface area (Å²) in [6.45, 7) is 9.08. The van der Waals surface area contributed by atoms with E-state index in [-0.39, 0.29) is 0 Å². The zero-order valence-electron chi connectivity index (χ0n) is 12.8. The van der Waals surface area contributed by atoms with E-state index in [4.69, 9.17) is 0 Å². The van der Waals surface area contributed by atoms with Crippen LogP contribution in [-0.4, -0.2) is 16.0 Å². The molecule has 0 amide bonds. The Hall–Kier alpha value is -1.16. The molecule has 1 saturated carbocycles. The zero-order chi connectivity index (χ0) is 14.3. The van der Waals surface area contributed by atoms with Gasteiger partial charge in [0.15, 0.2) is 0 Å². The molecule has 0 aromatic carbocycles. The molecular formula is C16H23N3S. The third-order valence-corrected chi connectivity index (χ3v) is 5.90. The number of rotatable bonds is 2. The third-order valence-electron chi connectivity index (χ3n) is 4.78. The largest absolute Gasteiger partial charge is 0.366 e. The minimum Gasteiger partial charge on any atom is -0.366 e. The molecule has 1 aliphatic rings. The highest BCUT2D eigenvalue weighted by atomic mass is 32.1. The van der Waals surface area contributed by atoms with Crippen molar-refractivity contribution in [1.29, 1.82) is 0 Å². The van der Waals surface area contributed by atoms with Crippen molar-refractivity contribution in [3.05, 3.63) is 16.8 Å². The van der Waals surface area contributed by atoms with Gasteiger partial charge in [-0.25, -0.2) is 9.97 Å². The van der Waals surface area contributed by atoms with Gasteiger partial charge in [0.25, 0.3) is 0 Å². The van der Waals surface area contributed by atoms with Gasteiger partial charge in [0.05, 0.1) is 5.39 Å². The average Bonchev–Trinajstić information content (AvgIpc) is 2.69. The summed E-state index contributed by atoms with van der Waals surface area (Å²) >= 11 is 1.76. The number of hydrogen-bond acceptors (Lipinski definition) is 4. The molecule has 2 heterocycles. The molecule has 2 aromatic rings. The molecular weight excluding hydrogens is 266 g/mol. The molecule has 1 aliphatic carbocycles.